The molecule has 0 aliphatic rings. The first-order valence-electron chi connectivity index (χ1n) is 3.29. The van der Waals surface area contributed by atoms with Gasteiger partial charge in [0.15, 0.2) is 0 Å². The molecule has 0 rings (SSSR count). The van der Waals surface area contributed by atoms with Gasteiger partial charge in [0.05, 0.1) is 13.1 Å². The molecular weight excluding hydrogens is 190 g/mol. The van der Waals surface area contributed by atoms with Crippen molar-refractivity contribution >= 4 is 35.0 Å². The third-order valence-electron chi connectivity index (χ3n) is 1.21. The Kier molecular flexibility index (Phi) is 8.22. The van der Waals surface area contributed by atoms with Crippen LogP contribution in [0, 0.1) is 0 Å². The summed E-state index contributed by atoms with van der Waals surface area (Å²) in [7, 11) is 0. The molecule has 7 heteroatoms. The number of aliphatic hydroxyl groups excluding tert-OH is 1. The highest BCUT2D eigenvalue weighted by Crippen LogP contribution is 1.94. The Hall–Kier alpha value is -0.374. The van der Waals surface area contributed by atoms with Gasteiger partial charge in [0, 0.05) is 0 Å². The summed E-state index contributed by atoms with van der Waals surface area (Å²) in [4.78, 5) is 21.2. The molecule has 3 N–H and O–H groups in total. The summed E-state index contributed by atoms with van der Waals surface area (Å²) in [5, 5.41) is 25.5. The summed E-state index contributed by atoms with van der Waals surface area (Å²) < 4.78 is 0. The first-order chi connectivity index (χ1) is 5.43. The van der Waals surface area contributed by atoms with Gasteiger partial charge in [-0.2, -0.15) is 0 Å². The Balaban J connectivity index is 0. The number of carboxylic acid groups (broad SMARTS) is 2. The van der Waals surface area contributed by atoms with Crippen molar-refractivity contribution in [2.75, 3.05) is 13.1 Å². The molecule has 0 saturated carbocycles. The van der Waals surface area contributed by atoms with E-state index in [1.807, 2.05) is 0 Å². The van der Waals surface area contributed by atoms with Crippen molar-refractivity contribution in [1.82, 2.24) is 4.90 Å². The molecule has 0 amide bonds. The topological polar surface area (TPSA) is 98.1 Å². The number of carboxylic acids is 2. The molecule has 1 atom stereocenters. The van der Waals surface area contributed by atoms with Crippen molar-refractivity contribution < 1.29 is 24.9 Å². The highest BCUT2D eigenvalue weighted by atomic mass is 24.3. The lowest BCUT2D eigenvalue weighted by Crippen LogP contribution is -2.40. The van der Waals surface area contributed by atoms with E-state index in [0.717, 1.165) is 4.90 Å². The van der Waals surface area contributed by atoms with Gasteiger partial charge in [-0.1, -0.05) is 0 Å². The zero-order chi connectivity index (χ0) is 9.72. The third-order valence-corrected chi connectivity index (χ3v) is 1.21. The van der Waals surface area contributed by atoms with E-state index in [1.165, 1.54) is 6.92 Å². The van der Waals surface area contributed by atoms with Crippen LogP contribution in [-0.4, -0.2) is 74.5 Å². The Morgan fingerprint density at radius 1 is 1.23 bits per heavy atom. The average Bonchev–Trinajstić information content (AvgIpc) is 1.83. The van der Waals surface area contributed by atoms with Crippen LogP contribution in [0.25, 0.3) is 0 Å². The van der Waals surface area contributed by atoms with Crippen LogP contribution in [0.3, 0.4) is 0 Å². The standard InChI is InChI=1S/C6H11NO5.Mg.2H/c1-4(8)7(2-5(9)10)3-6(11)12;;;/h4,8H,2-3H2,1H3,(H,9,10)(H,11,12);;;. The van der Waals surface area contributed by atoms with E-state index in [9.17, 15) is 9.59 Å². The SMILES string of the molecule is CC(O)N(CC(=O)O)CC(=O)O.[MgH2]. The second kappa shape index (κ2) is 7.07. The fourth-order valence-electron chi connectivity index (χ4n) is 0.668. The van der Waals surface area contributed by atoms with Crippen molar-refractivity contribution in [1.29, 1.82) is 0 Å². The van der Waals surface area contributed by atoms with Crippen LogP contribution in [-0.2, 0) is 9.59 Å². The maximum Gasteiger partial charge on any atom is 0.317 e. The summed E-state index contributed by atoms with van der Waals surface area (Å²) in [5.41, 5.74) is 0. The van der Waals surface area contributed by atoms with Gasteiger partial charge in [-0.15, -0.1) is 0 Å². The van der Waals surface area contributed by atoms with Gasteiger partial charge in [-0.3, -0.25) is 14.5 Å². The smallest absolute Gasteiger partial charge is 0.317 e. The summed E-state index contributed by atoms with van der Waals surface area (Å²) in [6, 6.07) is 0. The van der Waals surface area contributed by atoms with E-state index in [-0.39, 0.29) is 23.1 Å². The second-order valence-electron chi connectivity index (χ2n) is 2.32. The van der Waals surface area contributed by atoms with Gasteiger partial charge < -0.3 is 15.3 Å². The van der Waals surface area contributed by atoms with E-state index >= 15 is 0 Å². The number of nitrogens with zero attached hydrogens (tertiary/aromatic N) is 1. The number of rotatable bonds is 5. The molecule has 0 spiro atoms. The number of carbonyl (C=O) groups is 2. The average molecular weight is 203 g/mol. The number of aliphatic hydroxyl groups is 1. The van der Waals surface area contributed by atoms with Gasteiger partial charge >= 0.3 is 35.0 Å². The molecule has 0 aliphatic heterocycles. The first-order valence-corrected chi connectivity index (χ1v) is 3.29. The summed E-state index contributed by atoms with van der Waals surface area (Å²) >= 11 is 0. The maximum atomic E-state index is 10.1. The minimum atomic E-state index is -1.17. The summed E-state index contributed by atoms with van der Waals surface area (Å²) in [6.07, 6.45) is -1.07. The molecule has 0 radical (unpaired) electrons. The van der Waals surface area contributed by atoms with Crippen LogP contribution in [0.1, 0.15) is 6.92 Å². The van der Waals surface area contributed by atoms with Crippen LogP contribution >= 0.6 is 0 Å². The Labute approximate surface area is 91.3 Å². The molecular formula is C6H13MgNO5. The molecule has 0 aromatic carbocycles. The minimum Gasteiger partial charge on any atom is -0.480 e. The van der Waals surface area contributed by atoms with Crippen molar-refractivity contribution in [3.63, 3.8) is 0 Å². The second-order valence-corrected chi connectivity index (χ2v) is 2.32. The molecule has 0 bridgehead atoms. The lowest BCUT2D eigenvalue weighted by Gasteiger charge is -2.20. The predicted octanol–water partition coefficient (Wildman–Crippen LogP) is -2.12. The van der Waals surface area contributed by atoms with Crippen molar-refractivity contribution in [2.45, 2.75) is 13.2 Å². The zero-order valence-corrected chi connectivity index (χ0v) is 6.60. The minimum absolute atomic E-state index is 0. The van der Waals surface area contributed by atoms with Crippen molar-refractivity contribution in [3.8, 4) is 0 Å². The van der Waals surface area contributed by atoms with Crippen LogP contribution in [0.15, 0.2) is 0 Å². The molecule has 6 nitrogen and oxygen atoms in total. The zero-order valence-electron chi connectivity index (χ0n) is 6.60. The lowest BCUT2D eigenvalue weighted by molar-refractivity contribution is -0.146. The molecule has 0 aromatic heterocycles. The Bertz CT molecular complexity index is 168. The van der Waals surface area contributed by atoms with Gasteiger partial charge in [-0.05, 0) is 6.92 Å². The molecule has 0 aromatic rings. The van der Waals surface area contributed by atoms with Crippen LogP contribution in [0.2, 0.25) is 0 Å². The summed E-state index contributed by atoms with van der Waals surface area (Å²) in [5.74, 6) is -2.34. The van der Waals surface area contributed by atoms with Crippen LogP contribution < -0.4 is 0 Å². The van der Waals surface area contributed by atoms with E-state index in [2.05, 4.69) is 0 Å². The van der Waals surface area contributed by atoms with E-state index < -0.39 is 31.3 Å². The summed E-state index contributed by atoms with van der Waals surface area (Å²) in [6.45, 7) is 0.347. The monoisotopic (exact) mass is 203 g/mol. The normalized spacial score (nSPS) is 11.9. The van der Waals surface area contributed by atoms with Gasteiger partial charge in [0.2, 0.25) is 0 Å². The highest BCUT2D eigenvalue weighted by molar-refractivity contribution is 5.75. The molecule has 74 valence electrons. The van der Waals surface area contributed by atoms with Crippen molar-refractivity contribution in [3.05, 3.63) is 0 Å². The van der Waals surface area contributed by atoms with E-state index in [0.29, 0.717) is 0 Å². The van der Waals surface area contributed by atoms with Crippen LogP contribution in [0.5, 0.6) is 0 Å². The largest absolute Gasteiger partial charge is 0.480 e. The number of hydrogen-bond donors (Lipinski definition) is 3. The van der Waals surface area contributed by atoms with Crippen LogP contribution in [0.4, 0.5) is 0 Å². The molecule has 0 fully saturated rings. The van der Waals surface area contributed by atoms with Crippen molar-refractivity contribution in [2.24, 2.45) is 0 Å². The fourth-order valence-corrected chi connectivity index (χ4v) is 0.668. The Morgan fingerprint density at radius 2 is 1.54 bits per heavy atom. The molecule has 1 unspecified atom stereocenters. The Morgan fingerprint density at radius 3 is 1.69 bits per heavy atom. The predicted molar refractivity (Wildman–Crippen MR) is 47.1 cm³/mol. The molecule has 13 heavy (non-hydrogen) atoms. The first kappa shape index (κ1) is 15.1. The quantitative estimate of drug-likeness (QED) is 0.349. The van der Waals surface area contributed by atoms with Gasteiger partial charge in [0.1, 0.15) is 6.23 Å². The van der Waals surface area contributed by atoms with E-state index in [1.54, 1.807) is 0 Å². The number of hydrogen-bond acceptors (Lipinski definition) is 4. The number of aliphatic carboxylic acids is 2. The van der Waals surface area contributed by atoms with Gasteiger partial charge in [-0.25, -0.2) is 0 Å². The van der Waals surface area contributed by atoms with E-state index in [4.69, 9.17) is 15.3 Å². The third kappa shape index (κ3) is 7.97. The molecule has 0 heterocycles. The lowest BCUT2D eigenvalue weighted by atomic mass is 10.4. The molecule has 0 aliphatic carbocycles. The maximum absolute atomic E-state index is 10.1. The fraction of sp³-hybridized carbons (Fsp3) is 0.667. The highest BCUT2D eigenvalue weighted by Gasteiger charge is 2.17. The molecule has 0 saturated heterocycles. The van der Waals surface area contributed by atoms with Gasteiger partial charge in [0.25, 0.3) is 0 Å².